The van der Waals surface area contributed by atoms with Crippen LogP contribution in [0.5, 0.6) is 0 Å². The molecule has 4 heteroatoms. The number of nitrogens with two attached hydrogens (primary N) is 1. The highest BCUT2D eigenvalue weighted by atomic mass is 19.1. The van der Waals surface area contributed by atoms with Crippen LogP contribution in [0.15, 0.2) is 36.7 Å². The van der Waals surface area contributed by atoms with Crippen molar-refractivity contribution >= 4 is 5.69 Å². The Kier molecular flexibility index (Phi) is 2.33. The number of aromatic nitrogens is 1. The zero-order valence-corrected chi connectivity index (χ0v) is 7.74. The molecule has 76 valence electrons. The smallest absolute Gasteiger partial charge is 0.142 e. The fourth-order valence-electron chi connectivity index (χ4n) is 1.32. The number of benzene rings is 1. The Labute approximate surface area is 85.4 Å². The highest BCUT2D eigenvalue weighted by Crippen LogP contribution is 2.24. The molecule has 0 fully saturated rings. The molecule has 0 amide bonds. The molecule has 0 atom stereocenters. The standard InChI is InChI=1S/C11H8F2N2/c12-8-3-7(5-15-6-8)10-4-9(14)1-2-11(10)13/h1-6H,14H2. The summed E-state index contributed by atoms with van der Waals surface area (Å²) in [6.45, 7) is 0. The molecule has 0 aliphatic carbocycles. The van der Waals surface area contributed by atoms with Gasteiger partial charge in [-0.3, -0.25) is 4.98 Å². The first-order valence-corrected chi connectivity index (χ1v) is 4.33. The van der Waals surface area contributed by atoms with Gasteiger partial charge >= 0.3 is 0 Å². The maximum atomic E-state index is 13.4. The van der Waals surface area contributed by atoms with Gasteiger partial charge in [0.1, 0.15) is 11.6 Å². The number of nitrogen functional groups attached to an aromatic ring is 1. The molecule has 0 radical (unpaired) electrons. The summed E-state index contributed by atoms with van der Waals surface area (Å²) in [7, 11) is 0. The van der Waals surface area contributed by atoms with Gasteiger partial charge in [0.2, 0.25) is 0 Å². The number of hydrogen-bond acceptors (Lipinski definition) is 2. The van der Waals surface area contributed by atoms with Crippen LogP contribution >= 0.6 is 0 Å². The van der Waals surface area contributed by atoms with Crippen molar-refractivity contribution in [3.63, 3.8) is 0 Å². The number of halogens is 2. The lowest BCUT2D eigenvalue weighted by Gasteiger charge is -2.04. The molecule has 0 aliphatic rings. The van der Waals surface area contributed by atoms with Crippen molar-refractivity contribution in [3.8, 4) is 11.1 Å². The second-order valence-electron chi connectivity index (χ2n) is 3.13. The van der Waals surface area contributed by atoms with Crippen molar-refractivity contribution in [2.75, 3.05) is 5.73 Å². The number of pyridine rings is 1. The third-order valence-corrected chi connectivity index (χ3v) is 2.01. The molecule has 2 rings (SSSR count). The van der Waals surface area contributed by atoms with E-state index in [4.69, 9.17) is 5.73 Å². The molecule has 1 heterocycles. The summed E-state index contributed by atoms with van der Waals surface area (Å²) in [5.41, 5.74) is 6.58. The molecule has 0 saturated heterocycles. The highest BCUT2D eigenvalue weighted by molar-refractivity contribution is 5.67. The van der Waals surface area contributed by atoms with E-state index in [2.05, 4.69) is 4.98 Å². The van der Waals surface area contributed by atoms with Gasteiger partial charge in [-0.2, -0.15) is 0 Å². The average molecular weight is 206 g/mol. The van der Waals surface area contributed by atoms with Gasteiger partial charge in [0, 0.05) is 23.0 Å². The van der Waals surface area contributed by atoms with Crippen LogP contribution in [-0.2, 0) is 0 Å². The maximum absolute atomic E-state index is 13.4. The Morgan fingerprint density at radius 2 is 1.87 bits per heavy atom. The topological polar surface area (TPSA) is 38.9 Å². The number of hydrogen-bond donors (Lipinski definition) is 1. The second-order valence-corrected chi connectivity index (χ2v) is 3.13. The Bertz CT molecular complexity index is 498. The lowest BCUT2D eigenvalue weighted by Crippen LogP contribution is -1.90. The van der Waals surface area contributed by atoms with Crippen molar-refractivity contribution in [2.24, 2.45) is 0 Å². The summed E-state index contributed by atoms with van der Waals surface area (Å²) in [6, 6.07) is 5.36. The maximum Gasteiger partial charge on any atom is 0.142 e. The average Bonchev–Trinajstić information content (AvgIpc) is 2.22. The molecule has 0 aliphatic heterocycles. The minimum atomic E-state index is -0.505. The third-order valence-electron chi connectivity index (χ3n) is 2.01. The van der Waals surface area contributed by atoms with Crippen LogP contribution in [-0.4, -0.2) is 4.98 Å². The minimum absolute atomic E-state index is 0.252. The van der Waals surface area contributed by atoms with Crippen LogP contribution in [0.1, 0.15) is 0 Å². The van der Waals surface area contributed by atoms with Crippen LogP contribution in [0.4, 0.5) is 14.5 Å². The van der Waals surface area contributed by atoms with E-state index in [1.807, 2.05) is 0 Å². The van der Waals surface area contributed by atoms with Gasteiger partial charge in [-0.05, 0) is 24.3 Å². The van der Waals surface area contributed by atoms with Crippen molar-refractivity contribution < 1.29 is 8.78 Å². The first kappa shape index (κ1) is 9.58. The summed E-state index contributed by atoms with van der Waals surface area (Å²) in [5, 5.41) is 0. The molecule has 0 saturated carbocycles. The highest BCUT2D eigenvalue weighted by Gasteiger charge is 2.06. The third kappa shape index (κ3) is 1.93. The van der Waals surface area contributed by atoms with E-state index in [-0.39, 0.29) is 5.56 Å². The van der Waals surface area contributed by atoms with E-state index >= 15 is 0 Å². The van der Waals surface area contributed by atoms with Gasteiger partial charge in [-0.25, -0.2) is 8.78 Å². The molecule has 2 N–H and O–H groups in total. The molecule has 0 spiro atoms. The largest absolute Gasteiger partial charge is 0.399 e. The van der Waals surface area contributed by atoms with Gasteiger partial charge in [0.15, 0.2) is 0 Å². The van der Waals surface area contributed by atoms with E-state index in [1.165, 1.54) is 30.5 Å². The molecule has 1 aromatic carbocycles. The predicted octanol–water partition coefficient (Wildman–Crippen LogP) is 2.61. The molecule has 2 aromatic rings. The quantitative estimate of drug-likeness (QED) is 0.728. The molecule has 15 heavy (non-hydrogen) atoms. The van der Waals surface area contributed by atoms with Gasteiger partial charge < -0.3 is 5.73 Å². The number of nitrogens with zero attached hydrogens (tertiary/aromatic N) is 1. The lowest BCUT2D eigenvalue weighted by atomic mass is 10.1. The second kappa shape index (κ2) is 3.65. The van der Waals surface area contributed by atoms with Gasteiger partial charge in [0.05, 0.1) is 6.20 Å². The fraction of sp³-hybridized carbons (Fsp3) is 0. The van der Waals surface area contributed by atoms with Crippen molar-refractivity contribution in [1.29, 1.82) is 0 Å². The van der Waals surface area contributed by atoms with Gasteiger partial charge in [-0.1, -0.05) is 0 Å². The summed E-state index contributed by atoms with van der Waals surface area (Å²) in [6.07, 6.45) is 2.45. The minimum Gasteiger partial charge on any atom is -0.399 e. The van der Waals surface area contributed by atoms with Crippen LogP contribution in [0.2, 0.25) is 0 Å². The van der Waals surface area contributed by atoms with E-state index < -0.39 is 11.6 Å². The zero-order chi connectivity index (χ0) is 10.8. The first-order chi connectivity index (χ1) is 7.16. The molecule has 2 nitrogen and oxygen atoms in total. The van der Waals surface area contributed by atoms with Crippen LogP contribution in [0.25, 0.3) is 11.1 Å². The summed E-state index contributed by atoms with van der Waals surface area (Å²) >= 11 is 0. The summed E-state index contributed by atoms with van der Waals surface area (Å²) in [5.74, 6) is -0.953. The Morgan fingerprint density at radius 1 is 1.07 bits per heavy atom. The summed E-state index contributed by atoms with van der Waals surface area (Å²) < 4.78 is 26.3. The molecule has 0 bridgehead atoms. The molecule has 1 aromatic heterocycles. The van der Waals surface area contributed by atoms with Gasteiger partial charge in [0.25, 0.3) is 0 Å². The lowest BCUT2D eigenvalue weighted by molar-refractivity contribution is 0.619. The fourth-order valence-corrected chi connectivity index (χ4v) is 1.32. The van der Waals surface area contributed by atoms with E-state index in [9.17, 15) is 8.78 Å². The Hall–Kier alpha value is -1.97. The summed E-state index contributed by atoms with van der Waals surface area (Å²) in [4.78, 5) is 3.65. The van der Waals surface area contributed by atoms with Crippen molar-refractivity contribution in [3.05, 3.63) is 48.3 Å². The first-order valence-electron chi connectivity index (χ1n) is 4.33. The Balaban J connectivity index is 2.58. The van der Waals surface area contributed by atoms with Crippen molar-refractivity contribution in [1.82, 2.24) is 4.98 Å². The van der Waals surface area contributed by atoms with E-state index in [0.717, 1.165) is 6.20 Å². The molecular weight excluding hydrogens is 198 g/mol. The van der Waals surface area contributed by atoms with Gasteiger partial charge in [-0.15, -0.1) is 0 Å². The van der Waals surface area contributed by atoms with Crippen LogP contribution in [0, 0.1) is 11.6 Å². The van der Waals surface area contributed by atoms with E-state index in [1.54, 1.807) is 0 Å². The SMILES string of the molecule is Nc1ccc(F)c(-c2cncc(F)c2)c1. The van der Waals surface area contributed by atoms with E-state index in [0.29, 0.717) is 11.3 Å². The molecule has 0 unspecified atom stereocenters. The van der Waals surface area contributed by atoms with Crippen LogP contribution < -0.4 is 5.73 Å². The number of rotatable bonds is 1. The van der Waals surface area contributed by atoms with Crippen LogP contribution in [0.3, 0.4) is 0 Å². The zero-order valence-electron chi connectivity index (χ0n) is 7.74. The molecular formula is C11H8F2N2. The normalized spacial score (nSPS) is 10.3. The number of anilines is 1. The van der Waals surface area contributed by atoms with Crippen molar-refractivity contribution in [2.45, 2.75) is 0 Å². The Morgan fingerprint density at radius 3 is 2.60 bits per heavy atom. The predicted molar refractivity (Wildman–Crippen MR) is 54.0 cm³/mol. The monoisotopic (exact) mass is 206 g/mol.